The van der Waals surface area contributed by atoms with Gasteiger partial charge in [-0.3, -0.25) is 4.79 Å². The van der Waals surface area contributed by atoms with Crippen molar-refractivity contribution in [2.24, 2.45) is 0 Å². The highest BCUT2D eigenvalue weighted by Gasteiger charge is 2.12. The van der Waals surface area contributed by atoms with Crippen LogP contribution in [0.25, 0.3) is 21.7 Å². The molecule has 0 radical (unpaired) electrons. The fraction of sp³-hybridized carbons (Fsp3) is 0.167. The van der Waals surface area contributed by atoms with E-state index in [1.54, 1.807) is 24.3 Å². The van der Waals surface area contributed by atoms with Crippen LogP contribution in [0.4, 0.5) is 0 Å². The van der Waals surface area contributed by atoms with E-state index in [2.05, 4.69) is 0 Å². The largest absolute Gasteiger partial charge is 0.492 e. The van der Waals surface area contributed by atoms with E-state index in [9.17, 15) is 9.59 Å². The van der Waals surface area contributed by atoms with E-state index in [4.69, 9.17) is 37.1 Å². The smallest absolute Gasteiger partial charge is 0.336 e. The molecule has 0 aliphatic rings. The SMILES string of the molecule is O=C(CCCOc1ccc(Cl)cc1Cl)OCc1cc(=O)oc2ccc3ccccc3c12. The summed E-state index contributed by atoms with van der Waals surface area (Å²) < 4.78 is 16.3. The van der Waals surface area contributed by atoms with Gasteiger partial charge in [-0.2, -0.15) is 0 Å². The number of benzene rings is 3. The van der Waals surface area contributed by atoms with Gasteiger partial charge in [0.2, 0.25) is 0 Å². The van der Waals surface area contributed by atoms with Gasteiger partial charge in [0.1, 0.15) is 17.9 Å². The standard InChI is InChI=1S/C24H18Cl2O5/c25-17-8-10-20(19(26)13-17)29-11-3-6-22(27)30-14-16-12-23(28)31-21-9-7-15-4-1-2-5-18(15)24(16)21/h1-2,4-5,7-10,12-13H,3,6,11,14H2. The first-order valence-electron chi connectivity index (χ1n) is 9.69. The van der Waals surface area contributed by atoms with Crippen molar-refractivity contribution in [3.63, 3.8) is 0 Å². The molecule has 0 saturated carbocycles. The van der Waals surface area contributed by atoms with Crippen LogP contribution in [0.1, 0.15) is 18.4 Å². The predicted octanol–water partition coefficient (Wildman–Crippen LogP) is 6.16. The lowest BCUT2D eigenvalue weighted by molar-refractivity contribution is -0.145. The van der Waals surface area contributed by atoms with Crippen LogP contribution in [-0.2, 0) is 16.1 Å². The normalized spacial score (nSPS) is 11.0. The van der Waals surface area contributed by atoms with Gasteiger partial charge in [-0.05, 0) is 41.5 Å². The third-order valence-corrected chi connectivity index (χ3v) is 5.31. The molecular formula is C24H18Cl2O5. The van der Waals surface area contributed by atoms with Crippen LogP contribution in [0.5, 0.6) is 5.75 Å². The Kier molecular flexibility index (Phi) is 6.44. The van der Waals surface area contributed by atoms with Gasteiger partial charge in [-0.25, -0.2) is 4.79 Å². The Balaban J connectivity index is 1.39. The zero-order chi connectivity index (χ0) is 21.8. The Labute approximate surface area is 188 Å². The van der Waals surface area contributed by atoms with Crippen molar-refractivity contribution in [1.29, 1.82) is 0 Å². The number of hydrogen-bond acceptors (Lipinski definition) is 5. The van der Waals surface area contributed by atoms with Crippen LogP contribution in [-0.4, -0.2) is 12.6 Å². The highest BCUT2D eigenvalue weighted by molar-refractivity contribution is 6.35. The second-order valence-electron chi connectivity index (χ2n) is 6.94. The first-order valence-corrected chi connectivity index (χ1v) is 10.4. The summed E-state index contributed by atoms with van der Waals surface area (Å²) in [5.74, 6) is 0.126. The van der Waals surface area contributed by atoms with Gasteiger partial charge in [-0.1, -0.05) is 53.5 Å². The summed E-state index contributed by atoms with van der Waals surface area (Å²) in [7, 11) is 0. The number of esters is 1. The maximum absolute atomic E-state index is 12.2. The second kappa shape index (κ2) is 9.41. The van der Waals surface area contributed by atoms with E-state index >= 15 is 0 Å². The summed E-state index contributed by atoms with van der Waals surface area (Å²) >= 11 is 11.9. The molecule has 0 spiro atoms. The van der Waals surface area contributed by atoms with E-state index in [1.165, 1.54) is 6.07 Å². The molecule has 3 aromatic carbocycles. The molecular weight excluding hydrogens is 439 g/mol. The summed E-state index contributed by atoms with van der Waals surface area (Å²) in [6.45, 7) is 0.289. The molecule has 5 nitrogen and oxygen atoms in total. The second-order valence-corrected chi connectivity index (χ2v) is 7.78. The lowest BCUT2D eigenvalue weighted by Gasteiger charge is -2.10. The minimum absolute atomic E-state index is 0.0151. The maximum Gasteiger partial charge on any atom is 0.336 e. The zero-order valence-electron chi connectivity index (χ0n) is 16.4. The summed E-state index contributed by atoms with van der Waals surface area (Å²) in [6, 6.07) is 17.7. The molecule has 0 bridgehead atoms. The van der Waals surface area contributed by atoms with E-state index in [1.807, 2.05) is 30.3 Å². The molecule has 31 heavy (non-hydrogen) atoms. The minimum Gasteiger partial charge on any atom is -0.492 e. The van der Waals surface area contributed by atoms with E-state index in [0.29, 0.717) is 40.0 Å². The van der Waals surface area contributed by atoms with Crippen molar-refractivity contribution in [3.8, 4) is 5.75 Å². The summed E-state index contributed by atoms with van der Waals surface area (Å²) in [6.07, 6.45) is 0.629. The number of ether oxygens (including phenoxy) is 2. The number of fused-ring (bicyclic) bond motifs is 3. The number of halogens is 2. The Bertz CT molecular complexity index is 1310. The lowest BCUT2D eigenvalue weighted by Crippen LogP contribution is -2.09. The third kappa shape index (κ3) is 5.01. The molecule has 7 heteroatoms. The fourth-order valence-electron chi connectivity index (χ4n) is 3.36. The highest BCUT2D eigenvalue weighted by atomic mass is 35.5. The van der Waals surface area contributed by atoms with Gasteiger partial charge in [0.25, 0.3) is 0 Å². The molecule has 0 amide bonds. The molecule has 0 aliphatic heterocycles. The van der Waals surface area contributed by atoms with Gasteiger partial charge in [0.05, 0.1) is 11.6 Å². The summed E-state index contributed by atoms with van der Waals surface area (Å²) in [5.41, 5.74) is 0.591. The number of carbonyl (C=O) groups excluding carboxylic acids is 1. The van der Waals surface area contributed by atoms with E-state index < -0.39 is 5.63 Å². The van der Waals surface area contributed by atoms with Gasteiger partial charge in [-0.15, -0.1) is 0 Å². The van der Waals surface area contributed by atoms with Gasteiger partial charge >= 0.3 is 11.6 Å². The van der Waals surface area contributed by atoms with Crippen molar-refractivity contribution in [2.45, 2.75) is 19.4 Å². The molecule has 0 saturated heterocycles. The molecule has 1 heterocycles. The van der Waals surface area contributed by atoms with Crippen LogP contribution < -0.4 is 10.4 Å². The Morgan fingerprint density at radius 3 is 2.68 bits per heavy atom. The molecule has 4 aromatic rings. The molecule has 0 unspecified atom stereocenters. The van der Waals surface area contributed by atoms with Crippen molar-refractivity contribution < 1.29 is 18.7 Å². The maximum atomic E-state index is 12.2. The Morgan fingerprint density at radius 2 is 1.84 bits per heavy atom. The molecule has 0 fully saturated rings. The van der Waals surface area contributed by atoms with Crippen LogP contribution in [0.3, 0.4) is 0 Å². The minimum atomic E-state index is -0.484. The zero-order valence-corrected chi connectivity index (χ0v) is 17.9. The average molecular weight is 457 g/mol. The third-order valence-electron chi connectivity index (χ3n) is 4.78. The topological polar surface area (TPSA) is 65.7 Å². The van der Waals surface area contributed by atoms with Crippen LogP contribution in [0.2, 0.25) is 10.0 Å². The molecule has 0 aliphatic carbocycles. The first-order chi connectivity index (χ1) is 15.0. The average Bonchev–Trinajstić information content (AvgIpc) is 2.75. The summed E-state index contributed by atoms with van der Waals surface area (Å²) in [4.78, 5) is 24.1. The molecule has 0 N–H and O–H groups in total. The van der Waals surface area contributed by atoms with Crippen LogP contribution in [0.15, 0.2) is 69.9 Å². The van der Waals surface area contributed by atoms with E-state index in [0.717, 1.165) is 16.2 Å². The molecule has 4 rings (SSSR count). The Hall–Kier alpha value is -3.02. The molecule has 1 aromatic heterocycles. The van der Waals surface area contributed by atoms with Crippen LogP contribution >= 0.6 is 23.2 Å². The van der Waals surface area contributed by atoms with Crippen molar-refractivity contribution in [2.75, 3.05) is 6.61 Å². The van der Waals surface area contributed by atoms with Crippen molar-refractivity contribution in [1.82, 2.24) is 0 Å². The summed E-state index contributed by atoms with van der Waals surface area (Å²) in [5, 5.41) is 3.65. The molecule has 158 valence electrons. The Morgan fingerprint density at radius 1 is 1.00 bits per heavy atom. The fourth-order valence-corrected chi connectivity index (χ4v) is 3.82. The van der Waals surface area contributed by atoms with E-state index in [-0.39, 0.29) is 19.0 Å². The van der Waals surface area contributed by atoms with Gasteiger partial charge in [0.15, 0.2) is 0 Å². The number of carbonyl (C=O) groups is 1. The molecule has 0 atom stereocenters. The number of rotatable bonds is 7. The monoisotopic (exact) mass is 456 g/mol. The number of hydrogen-bond donors (Lipinski definition) is 0. The van der Waals surface area contributed by atoms with Crippen molar-refractivity contribution >= 4 is 50.9 Å². The predicted molar refractivity (Wildman–Crippen MR) is 121 cm³/mol. The van der Waals surface area contributed by atoms with Gasteiger partial charge < -0.3 is 13.9 Å². The van der Waals surface area contributed by atoms with Crippen LogP contribution in [0, 0.1) is 0 Å². The lowest BCUT2D eigenvalue weighted by atomic mass is 10.0. The quantitative estimate of drug-likeness (QED) is 0.144. The van der Waals surface area contributed by atoms with Crippen molar-refractivity contribution in [3.05, 3.63) is 86.7 Å². The van der Waals surface area contributed by atoms with Gasteiger partial charge in [0, 0.05) is 28.5 Å². The highest BCUT2D eigenvalue weighted by Crippen LogP contribution is 2.29. The first kappa shape index (κ1) is 21.2.